The van der Waals surface area contributed by atoms with Crippen LogP contribution in [0.2, 0.25) is 5.15 Å². The number of nitrogens with zero attached hydrogens (tertiary/aromatic N) is 2. The van der Waals surface area contributed by atoms with Crippen molar-refractivity contribution in [1.82, 2.24) is 4.98 Å². The summed E-state index contributed by atoms with van der Waals surface area (Å²) in [6.07, 6.45) is 0. The predicted molar refractivity (Wildman–Crippen MR) is 68.9 cm³/mol. The molecule has 0 spiro atoms. The van der Waals surface area contributed by atoms with Crippen LogP contribution in [0.3, 0.4) is 0 Å². The maximum Gasteiger partial charge on any atom is 0.379 e. The zero-order valence-corrected chi connectivity index (χ0v) is 10.5. The number of nitrogens with one attached hydrogen (secondary N) is 1. The number of hydrogen-bond acceptors (Lipinski definition) is 6. The fourth-order valence-electron chi connectivity index (χ4n) is 1.33. The number of aryl methyl sites for hydroxylation is 1. The van der Waals surface area contributed by atoms with Crippen molar-refractivity contribution in [3.63, 3.8) is 0 Å². The van der Waals surface area contributed by atoms with Crippen LogP contribution in [-0.2, 0) is 0 Å². The van der Waals surface area contributed by atoms with Crippen LogP contribution in [0, 0.1) is 17.0 Å². The van der Waals surface area contributed by atoms with Gasteiger partial charge in [0.25, 0.3) is 5.69 Å². The van der Waals surface area contributed by atoms with E-state index in [4.69, 9.17) is 16.0 Å². The van der Waals surface area contributed by atoms with Gasteiger partial charge in [0.2, 0.25) is 5.82 Å². The van der Waals surface area contributed by atoms with Crippen molar-refractivity contribution in [3.05, 3.63) is 55.7 Å². The molecule has 0 bridgehead atoms. The van der Waals surface area contributed by atoms with Crippen LogP contribution in [0.25, 0.3) is 0 Å². The minimum atomic E-state index is -0.666. The van der Waals surface area contributed by atoms with Gasteiger partial charge in [0, 0.05) is 17.8 Å². The van der Waals surface area contributed by atoms with Crippen LogP contribution in [0.4, 0.5) is 17.2 Å². The Balaban J connectivity index is 2.29. The maximum atomic E-state index is 11.5. The highest BCUT2D eigenvalue weighted by atomic mass is 35.5. The van der Waals surface area contributed by atoms with Gasteiger partial charge in [-0.15, -0.1) is 0 Å². The fourth-order valence-corrected chi connectivity index (χ4v) is 1.46. The van der Waals surface area contributed by atoms with Gasteiger partial charge in [-0.1, -0.05) is 11.6 Å². The molecule has 1 N–H and O–H groups in total. The van der Waals surface area contributed by atoms with Gasteiger partial charge in [0.1, 0.15) is 5.76 Å². The Labute approximate surface area is 112 Å². The lowest BCUT2D eigenvalue weighted by Gasteiger charge is -2.04. The van der Waals surface area contributed by atoms with E-state index in [1.807, 2.05) is 0 Å². The van der Waals surface area contributed by atoms with Crippen LogP contribution < -0.4 is 10.9 Å². The van der Waals surface area contributed by atoms with E-state index in [1.54, 1.807) is 0 Å². The molecule has 0 unspecified atom stereocenters. The third kappa shape index (κ3) is 2.89. The first-order valence-corrected chi connectivity index (χ1v) is 5.54. The van der Waals surface area contributed by atoms with Crippen molar-refractivity contribution in [2.75, 3.05) is 5.32 Å². The quantitative estimate of drug-likeness (QED) is 0.686. The van der Waals surface area contributed by atoms with E-state index < -0.39 is 10.5 Å². The SMILES string of the molecule is Cc1oc(=O)c(Nc2ccc([N+](=O)[O-])cc2)nc1Cl. The first-order chi connectivity index (χ1) is 8.97. The van der Waals surface area contributed by atoms with Gasteiger partial charge in [-0.25, -0.2) is 9.78 Å². The van der Waals surface area contributed by atoms with Crippen molar-refractivity contribution in [2.24, 2.45) is 0 Å². The molecule has 0 saturated carbocycles. The first-order valence-electron chi connectivity index (χ1n) is 5.16. The number of halogens is 1. The molecule has 2 aromatic rings. The normalized spacial score (nSPS) is 10.2. The summed E-state index contributed by atoms with van der Waals surface area (Å²) in [6, 6.07) is 5.51. The fraction of sp³-hybridized carbons (Fsp3) is 0.0909. The number of anilines is 2. The summed E-state index contributed by atoms with van der Waals surface area (Å²) in [4.78, 5) is 25.3. The van der Waals surface area contributed by atoms with E-state index >= 15 is 0 Å². The molecule has 2 rings (SSSR count). The molecule has 1 aromatic carbocycles. The van der Waals surface area contributed by atoms with Gasteiger partial charge >= 0.3 is 5.63 Å². The number of aromatic nitrogens is 1. The smallest absolute Gasteiger partial charge is 0.379 e. The number of hydrogen-bond donors (Lipinski definition) is 1. The lowest BCUT2D eigenvalue weighted by atomic mass is 10.3. The lowest BCUT2D eigenvalue weighted by molar-refractivity contribution is -0.384. The summed E-state index contributed by atoms with van der Waals surface area (Å²) >= 11 is 5.75. The summed E-state index contributed by atoms with van der Waals surface area (Å²) < 4.78 is 4.85. The van der Waals surface area contributed by atoms with E-state index in [9.17, 15) is 14.9 Å². The highest BCUT2D eigenvalue weighted by Crippen LogP contribution is 2.19. The molecular weight excluding hydrogens is 274 g/mol. The minimum absolute atomic E-state index is 0.0486. The summed E-state index contributed by atoms with van der Waals surface area (Å²) in [6.45, 7) is 1.52. The molecule has 19 heavy (non-hydrogen) atoms. The zero-order chi connectivity index (χ0) is 14.0. The van der Waals surface area contributed by atoms with Gasteiger partial charge < -0.3 is 9.73 Å². The number of nitro benzene ring substituents is 1. The lowest BCUT2D eigenvalue weighted by Crippen LogP contribution is -2.10. The molecule has 0 aliphatic rings. The van der Waals surface area contributed by atoms with Gasteiger partial charge in [0.05, 0.1) is 4.92 Å². The van der Waals surface area contributed by atoms with Crippen molar-refractivity contribution in [3.8, 4) is 0 Å². The second kappa shape index (κ2) is 5.07. The molecule has 0 radical (unpaired) electrons. The van der Waals surface area contributed by atoms with Gasteiger partial charge in [-0.3, -0.25) is 10.1 Å². The van der Waals surface area contributed by atoms with Crippen LogP contribution in [0.5, 0.6) is 0 Å². The molecule has 0 fully saturated rings. The van der Waals surface area contributed by atoms with Crippen LogP contribution in [0.15, 0.2) is 33.5 Å². The van der Waals surface area contributed by atoms with Crippen LogP contribution >= 0.6 is 11.6 Å². The monoisotopic (exact) mass is 281 g/mol. The predicted octanol–water partition coefficient (Wildman–Crippen LogP) is 2.65. The Kier molecular flexibility index (Phi) is 3.48. The van der Waals surface area contributed by atoms with Crippen LogP contribution in [0.1, 0.15) is 5.76 Å². The van der Waals surface area contributed by atoms with Gasteiger partial charge in [-0.05, 0) is 19.1 Å². The molecular formula is C11H8ClN3O4. The molecule has 1 heterocycles. The summed E-state index contributed by atoms with van der Waals surface area (Å²) in [5.74, 6) is 0.144. The van der Waals surface area contributed by atoms with Crippen LogP contribution in [-0.4, -0.2) is 9.91 Å². The molecule has 0 aliphatic carbocycles. The first kappa shape index (κ1) is 13.0. The highest BCUT2D eigenvalue weighted by Gasteiger charge is 2.10. The van der Waals surface area contributed by atoms with E-state index in [0.29, 0.717) is 5.69 Å². The summed E-state index contributed by atoms with van der Waals surface area (Å²) in [5, 5.41) is 13.3. The van der Waals surface area contributed by atoms with E-state index in [1.165, 1.54) is 31.2 Å². The Morgan fingerprint density at radius 1 is 1.37 bits per heavy atom. The maximum absolute atomic E-state index is 11.5. The topological polar surface area (TPSA) is 98.3 Å². The molecule has 7 nitrogen and oxygen atoms in total. The average Bonchev–Trinajstić information content (AvgIpc) is 2.36. The van der Waals surface area contributed by atoms with Gasteiger partial charge in [-0.2, -0.15) is 0 Å². The van der Waals surface area contributed by atoms with Crippen molar-refractivity contribution >= 4 is 28.8 Å². The molecule has 0 aliphatic heterocycles. The molecule has 0 atom stereocenters. The summed E-state index contributed by atoms with van der Waals surface area (Å²) in [5.41, 5.74) is -0.252. The van der Waals surface area contributed by atoms with Crippen molar-refractivity contribution < 1.29 is 9.34 Å². The van der Waals surface area contributed by atoms with E-state index in [2.05, 4.69) is 10.3 Å². The number of rotatable bonds is 3. The second-order valence-electron chi connectivity index (χ2n) is 3.63. The molecule has 1 aromatic heterocycles. The number of nitro groups is 1. The third-order valence-corrected chi connectivity index (χ3v) is 2.63. The van der Waals surface area contributed by atoms with Crippen molar-refractivity contribution in [2.45, 2.75) is 6.92 Å². The number of non-ortho nitro benzene ring substituents is 1. The second-order valence-corrected chi connectivity index (χ2v) is 3.98. The summed E-state index contributed by atoms with van der Waals surface area (Å²) in [7, 11) is 0. The Bertz CT molecular complexity index is 681. The minimum Gasteiger partial charge on any atom is -0.422 e. The highest BCUT2D eigenvalue weighted by molar-refractivity contribution is 6.30. The average molecular weight is 282 g/mol. The Morgan fingerprint density at radius 2 is 2.00 bits per heavy atom. The number of benzene rings is 1. The standard InChI is InChI=1S/C11H8ClN3O4/c1-6-9(12)14-10(11(16)19-6)13-7-2-4-8(5-3-7)15(17)18/h2-5H,1H3,(H,13,14). The van der Waals surface area contributed by atoms with Crippen molar-refractivity contribution in [1.29, 1.82) is 0 Å². The third-order valence-electron chi connectivity index (χ3n) is 2.28. The molecule has 8 heteroatoms. The van der Waals surface area contributed by atoms with E-state index in [0.717, 1.165) is 0 Å². The van der Waals surface area contributed by atoms with Gasteiger partial charge in [0.15, 0.2) is 5.15 Å². The largest absolute Gasteiger partial charge is 0.422 e. The molecule has 0 saturated heterocycles. The molecule has 98 valence electrons. The Hall–Kier alpha value is -2.41. The zero-order valence-electron chi connectivity index (χ0n) is 9.71. The van der Waals surface area contributed by atoms with E-state index in [-0.39, 0.29) is 22.4 Å². The Morgan fingerprint density at radius 3 is 2.58 bits per heavy atom. The molecule has 0 amide bonds.